The number of halogens is 1. The van der Waals surface area contributed by atoms with Crippen molar-refractivity contribution in [2.24, 2.45) is 0 Å². The second-order valence-corrected chi connectivity index (χ2v) is 3.25. The minimum Gasteiger partial charge on any atom is -0.481 e. The first-order valence-corrected chi connectivity index (χ1v) is 4.64. The summed E-state index contributed by atoms with van der Waals surface area (Å²) in [6, 6.07) is 3.08. The molecule has 1 aromatic carbocycles. The van der Waals surface area contributed by atoms with Crippen LogP contribution in [0.5, 0.6) is 5.75 Å². The van der Waals surface area contributed by atoms with Gasteiger partial charge in [-0.05, 0) is 13.0 Å². The summed E-state index contributed by atoms with van der Waals surface area (Å²) < 4.78 is 23.0. The average molecular weight is 229 g/mol. The molecule has 0 aliphatic heterocycles. The Kier molecular flexibility index (Phi) is 4.19. The van der Waals surface area contributed by atoms with Crippen molar-refractivity contribution in [3.63, 3.8) is 0 Å². The molecule has 0 aliphatic carbocycles. The molecule has 0 N–H and O–H groups in total. The van der Waals surface area contributed by atoms with Crippen molar-refractivity contribution < 1.29 is 18.8 Å². The lowest BCUT2D eigenvalue weighted by Crippen LogP contribution is -2.18. The molecule has 0 saturated heterocycles. The van der Waals surface area contributed by atoms with Gasteiger partial charge in [0.25, 0.3) is 0 Å². The molecule has 1 aromatic rings. The number of methoxy groups -OCH3 is 1. The third-order valence-electron chi connectivity index (χ3n) is 1.85. The van der Waals surface area contributed by atoms with Crippen molar-refractivity contribution in [2.45, 2.75) is 13.0 Å². The van der Waals surface area contributed by atoms with E-state index in [2.05, 4.69) is 0 Å². The van der Waals surface area contributed by atoms with Crippen LogP contribution in [-0.4, -0.2) is 24.7 Å². The molecule has 0 bridgehead atoms. The fourth-order valence-corrected chi connectivity index (χ4v) is 1.22. The zero-order valence-corrected chi connectivity index (χ0v) is 8.97. The lowest BCUT2D eigenvalue weighted by atomic mass is 10.3. The Morgan fingerprint density at radius 1 is 1.56 bits per heavy atom. The number of nitro benzene ring substituents is 1. The van der Waals surface area contributed by atoms with Gasteiger partial charge in [-0.15, -0.1) is 0 Å². The number of ether oxygens (including phenoxy) is 2. The van der Waals surface area contributed by atoms with Crippen molar-refractivity contribution in [1.82, 2.24) is 0 Å². The predicted molar refractivity (Wildman–Crippen MR) is 55.0 cm³/mol. The molecule has 5 nitrogen and oxygen atoms in total. The summed E-state index contributed by atoms with van der Waals surface area (Å²) >= 11 is 0. The van der Waals surface area contributed by atoms with Crippen molar-refractivity contribution >= 4 is 5.69 Å². The summed E-state index contributed by atoms with van der Waals surface area (Å²) in [5.74, 6) is -0.667. The van der Waals surface area contributed by atoms with Gasteiger partial charge in [-0.25, -0.2) is 4.39 Å². The molecule has 0 saturated carbocycles. The van der Waals surface area contributed by atoms with E-state index in [-0.39, 0.29) is 24.1 Å². The number of hydrogen-bond donors (Lipinski definition) is 0. The van der Waals surface area contributed by atoms with Gasteiger partial charge in [-0.2, -0.15) is 0 Å². The van der Waals surface area contributed by atoms with Crippen LogP contribution in [0.3, 0.4) is 0 Å². The average Bonchev–Trinajstić information content (AvgIpc) is 2.17. The van der Waals surface area contributed by atoms with E-state index in [1.54, 1.807) is 6.92 Å². The van der Waals surface area contributed by atoms with Gasteiger partial charge in [0, 0.05) is 19.2 Å². The van der Waals surface area contributed by atoms with E-state index >= 15 is 0 Å². The van der Waals surface area contributed by atoms with Crippen LogP contribution >= 0.6 is 0 Å². The van der Waals surface area contributed by atoms with Gasteiger partial charge < -0.3 is 9.47 Å². The van der Waals surface area contributed by atoms with Crippen molar-refractivity contribution in [1.29, 1.82) is 0 Å². The standard InChI is InChI=1S/C10H12FNO4/c1-7(6-15-2)16-10-5-8(11)3-4-9(10)12(13)14/h3-5,7H,6H2,1-2H3. The SMILES string of the molecule is COCC(C)Oc1cc(F)ccc1[N+](=O)[O-]. The Hall–Kier alpha value is -1.69. The quantitative estimate of drug-likeness (QED) is 0.573. The van der Waals surface area contributed by atoms with Crippen molar-refractivity contribution in [2.75, 3.05) is 13.7 Å². The second-order valence-electron chi connectivity index (χ2n) is 3.25. The van der Waals surface area contributed by atoms with Gasteiger partial charge in [0.1, 0.15) is 11.9 Å². The maximum atomic E-state index is 12.9. The Labute approximate surface area is 91.9 Å². The first-order chi connectivity index (χ1) is 7.54. The van der Waals surface area contributed by atoms with Gasteiger partial charge in [0.05, 0.1) is 11.5 Å². The number of nitrogens with zero attached hydrogens (tertiary/aromatic N) is 1. The van der Waals surface area contributed by atoms with Crippen LogP contribution in [0.4, 0.5) is 10.1 Å². The van der Waals surface area contributed by atoms with Crippen LogP contribution in [-0.2, 0) is 4.74 Å². The largest absolute Gasteiger partial charge is 0.481 e. The first kappa shape index (κ1) is 12.4. The Morgan fingerprint density at radius 3 is 2.81 bits per heavy atom. The minimum atomic E-state index is -0.617. The highest BCUT2D eigenvalue weighted by Gasteiger charge is 2.17. The van der Waals surface area contributed by atoms with Crippen LogP contribution in [0.2, 0.25) is 0 Å². The van der Waals surface area contributed by atoms with Crippen LogP contribution in [0.15, 0.2) is 18.2 Å². The number of hydrogen-bond acceptors (Lipinski definition) is 4. The lowest BCUT2D eigenvalue weighted by molar-refractivity contribution is -0.386. The lowest BCUT2D eigenvalue weighted by Gasteiger charge is -2.13. The zero-order chi connectivity index (χ0) is 12.1. The number of nitro groups is 1. The monoisotopic (exact) mass is 229 g/mol. The molecular weight excluding hydrogens is 217 g/mol. The second kappa shape index (κ2) is 5.41. The molecule has 0 aromatic heterocycles. The summed E-state index contributed by atoms with van der Waals surface area (Å²) in [5.41, 5.74) is -0.260. The molecule has 0 amide bonds. The van der Waals surface area contributed by atoms with Crippen LogP contribution < -0.4 is 4.74 Å². The van der Waals surface area contributed by atoms with E-state index in [1.807, 2.05) is 0 Å². The molecule has 1 atom stereocenters. The molecular formula is C10H12FNO4. The Morgan fingerprint density at radius 2 is 2.25 bits per heavy atom. The topological polar surface area (TPSA) is 61.6 Å². The van der Waals surface area contributed by atoms with E-state index in [0.717, 1.165) is 18.2 Å². The summed E-state index contributed by atoms with van der Waals surface area (Å²) in [7, 11) is 1.49. The van der Waals surface area contributed by atoms with Gasteiger partial charge >= 0.3 is 5.69 Å². The van der Waals surface area contributed by atoms with E-state index in [9.17, 15) is 14.5 Å². The van der Waals surface area contributed by atoms with E-state index in [0.29, 0.717) is 0 Å². The van der Waals surface area contributed by atoms with Crippen molar-refractivity contribution in [3.8, 4) is 5.75 Å². The van der Waals surface area contributed by atoms with E-state index in [1.165, 1.54) is 7.11 Å². The normalized spacial score (nSPS) is 12.2. The summed E-state index contributed by atoms with van der Waals surface area (Å²) in [4.78, 5) is 10.0. The molecule has 0 heterocycles. The third-order valence-corrected chi connectivity index (χ3v) is 1.85. The molecule has 0 aliphatic rings. The predicted octanol–water partition coefficient (Wildman–Crippen LogP) is 2.15. The highest BCUT2D eigenvalue weighted by atomic mass is 19.1. The van der Waals surface area contributed by atoms with E-state index < -0.39 is 10.7 Å². The molecule has 88 valence electrons. The maximum Gasteiger partial charge on any atom is 0.311 e. The fraction of sp³-hybridized carbons (Fsp3) is 0.400. The Balaban J connectivity index is 2.92. The van der Waals surface area contributed by atoms with E-state index in [4.69, 9.17) is 9.47 Å². The molecule has 0 radical (unpaired) electrons. The summed E-state index contributed by atoms with van der Waals surface area (Å²) in [6.45, 7) is 1.95. The van der Waals surface area contributed by atoms with Gasteiger partial charge in [0.2, 0.25) is 0 Å². The zero-order valence-electron chi connectivity index (χ0n) is 8.97. The molecule has 16 heavy (non-hydrogen) atoms. The van der Waals surface area contributed by atoms with Crippen LogP contribution in [0.25, 0.3) is 0 Å². The first-order valence-electron chi connectivity index (χ1n) is 4.64. The van der Waals surface area contributed by atoms with Gasteiger partial charge in [-0.1, -0.05) is 0 Å². The highest BCUT2D eigenvalue weighted by Crippen LogP contribution is 2.28. The molecule has 0 spiro atoms. The fourth-order valence-electron chi connectivity index (χ4n) is 1.22. The van der Waals surface area contributed by atoms with Crippen LogP contribution in [0.1, 0.15) is 6.92 Å². The third kappa shape index (κ3) is 3.16. The minimum absolute atomic E-state index is 0.0884. The van der Waals surface area contributed by atoms with Crippen LogP contribution in [0, 0.1) is 15.9 Å². The summed E-state index contributed by atoms with van der Waals surface area (Å²) in [6.07, 6.45) is -0.384. The highest BCUT2D eigenvalue weighted by molar-refractivity contribution is 5.46. The number of benzene rings is 1. The molecule has 1 unspecified atom stereocenters. The molecule has 1 rings (SSSR count). The molecule has 6 heteroatoms. The van der Waals surface area contributed by atoms with Crippen molar-refractivity contribution in [3.05, 3.63) is 34.1 Å². The maximum absolute atomic E-state index is 12.9. The smallest absolute Gasteiger partial charge is 0.311 e. The van der Waals surface area contributed by atoms with Gasteiger partial charge in [-0.3, -0.25) is 10.1 Å². The summed E-state index contributed by atoms with van der Waals surface area (Å²) in [5, 5.41) is 10.6. The molecule has 0 fully saturated rings. The van der Waals surface area contributed by atoms with Gasteiger partial charge in [0.15, 0.2) is 5.75 Å². The Bertz CT molecular complexity index is 383. The number of rotatable bonds is 5.